The van der Waals surface area contributed by atoms with Gasteiger partial charge in [-0.3, -0.25) is 0 Å². The van der Waals surface area contributed by atoms with Gasteiger partial charge in [0.05, 0.1) is 11.1 Å². The van der Waals surface area contributed by atoms with E-state index < -0.39 is 11.9 Å². The number of benzene rings is 5. The molecule has 0 aliphatic heterocycles. The summed E-state index contributed by atoms with van der Waals surface area (Å²) in [6.45, 7) is 0. The number of hydrogen-bond donors (Lipinski definition) is 2. The van der Waals surface area contributed by atoms with Crippen molar-refractivity contribution in [1.29, 1.82) is 0 Å². The highest BCUT2D eigenvalue weighted by atomic mass is 16.5. The van der Waals surface area contributed by atoms with Crippen molar-refractivity contribution in [2.75, 3.05) is 0 Å². The zero-order valence-electron chi connectivity index (χ0n) is 20.1. The van der Waals surface area contributed by atoms with Gasteiger partial charge in [0.15, 0.2) is 11.5 Å². The SMILES string of the molecule is O=C(O)c1ccc(Oc2cccc(-c3cccc(-c4ccccc4)c3)c2Oc2ccc(C(=O)O)cc2)cc1. The number of carbonyl (C=O) groups is 2. The van der Waals surface area contributed by atoms with Crippen molar-refractivity contribution in [2.45, 2.75) is 0 Å². The average Bonchev–Trinajstić information content (AvgIpc) is 2.95. The smallest absolute Gasteiger partial charge is 0.335 e. The first-order valence-corrected chi connectivity index (χ1v) is 11.8. The first-order valence-electron chi connectivity index (χ1n) is 11.8. The maximum Gasteiger partial charge on any atom is 0.335 e. The highest BCUT2D eigenvalue weighted by molar-refractivity contribution is 5.88. The molecule has 0 amide bonds. The molecule has 38 heavy (non-hydrogen) atoms. The molecule has 0 aromatic heterocycles. The minimum Gasteiger partial charge on any atom is -0.478 e. The van der Waals surface area contributed by atoms with Gasteiger partial charge in [-0.15, -0.1) is 0 Å². The van der Waals surface area contributed by atoms with E-state index in [1.807, 2.05) is 60.7 Å². The summed E-state index contributed by atoms with van der Waals surface area (Å²) in [6, 6.07) is 35.8. The largest absolute Gasteiger partial charge is 0.478 e. The van der Waals surface area contributed by atoms with Gasteiger partial charge in [0.1, 0.15) is 11.5 Å². The molecule has 0 bridgehead atoms. The molecule has 2 N–H and O–H groups in total. The molecule has 6 nitrogen and oxygen atoms in total. The van der Waals surface area contributed by atoms with Crippen LogP contribution in [0.2, 0.25) is 0 Å². The van der Waals surface area contributed by atoms with Crippen LogP contribution in [-0.2, 0) is 0 Å². The zero-order chi connectivity index (χ0) is 26.5. The third-order valence-corrected chi connectivity index (χ3v) is 5.91. The van der Waals surface area contributed by atoms with Gasteiger partial charge < -0.3 is 19.7 Å². The Morgan fingerprint density at radius 2 is 1.03 bits per heavy atom. The molecule has 0 aliphatic carbocycles. The van der Waals surface area contributed by atoms with Crippen molar-refractivity contribution >= 4 is 11.9 Å². The summed E-state index contributed by atoms with van der Waals surface area (Å²) in [4.78, 5) is 22.5. The van der Waals surface area contributed by atoms with E-state index in [-0.39, 0.29) is 11.1 Å². The van der Waals surface area contributed by atoms with Crippen LogP contribution in [0.4, 0.5) is 0 Å². The predicted molar refractivity (Wildman–Crippen MR) is 144 cm³/mol. The van der Waals surface area contributed by atoms with E-state index in [9.17, 15) is 19.8 Å². The minimum atomic E-state index is -1.02. The molecule has 0 fully saturated rings. The van der Waals surface area contributed by atoms with Crippen molar-refractivity contribution in [3.63, 3.8) is 0 Å². The summed E-state index contributed by atoms with van der Waals surface area (Å²) < 4.78 is 12.4. The summed E-state index contributed by atoms with van der Waals surface area (Å²) in [7, 11) is 0. The Labute approximate surface area is 219 Å². The molecular formula is C32H22O6. The topological polar surface area (TPSA) is 93.1 Å². The Morgan fingerprint density at radius 3 is 1.63 bits per heavy atom. The third kappa shape index (κ3) is 5.39. The second kappa shape index (κ2) is 10.7. The van der Waals surface area contributed by atoms with E-state index in [2.05, 4.69) is 6.07 Å². The molecule has 0 atom stereocenters. The lowest BCUT2D eigenvalue weighted by atomic mass is 9.98. The fraction of sp³-hybridized carbons (Fsp3) is 0. The number of para-hydroxylation sites is 1. The van der Waals surface area contributed by atoms with Gasteiger partial charge in [-0.2, -0.15) is 0 Å². The second-order valence-corrected chi connectivity index (χ2v) is 8.44. The van der Waals surface area contributed by atoms with Crippen LogP contribution in [0, 0.1) is 0 Å². The maximum absolute atomic E-state index is 11.3. The zero-order valence-corrected chi connectivity index (χ0v) is 20.1. The molecule has 0 aliphatic rings. The third-order valence-electron chi connectivity index (χ3n) is 5.91. The lowest BCUT2D eigenvalue weighted by molar-refractivity contribution is 0.0686. The van der Waals surface area contributed by atoms with Crippen LogP contribution < -0.4 is 9.47 Å². The quantitative estimate of drug-likeness (QED) is 0.223. The van der Waals surface area contributed by atoms with E-state index in [0.29, 0.717) is 23.0 Å². The Bertz CT molecular complexity index is 1590. The van der Waals surface area contributed by atoms with Crippen LogP contribution >= 0.6 is 0 Å². The van der Waals surface area contributed by atoms with Crippen molar-refractivity contribution in [3.05, 3.63) is 132 Å². The Morgan fingerprint density at radius 1 is 0.500 bits per heavy atom. The first kappa shape index (κ1) is 24.3. The molecule has 0 saturated heterocycles. The van der Waals surface area contributed by atoms with E-state index >= 15 is 0 Å². The van der Waals surface area contributed by atoms with Gasteiger partial charge in [-0.25, -0.2) is 9.59 Å². The first-order chi connectivity index (χ1) is 18.5. The van der Waals surface area contributed by atoms with Gasteiger partial charge >= 0.3 is 11.9 Å². The van der Waals surface area contributed by atoms with Crippen molar-refractivity contribution in [1.82, 2.24) is 0 Å². The number of carboxylic acids is 2. The summed E-state index contributed by atoms with van der Waals surface area (Å²) >= 11 is 0. The molecule has 0 saturated carbocycles. The average molecular weight is 503 g/mol. The lowest BCUT2D eigenvalue weighted by Gasteiger charge is -2.17. The van der Waals surface area contributed by atoms with Crippen LogP contribution in [0.1, 0.15) is 20.7 Å². The van der Waals surface area contributed by atoms with Crippen LogP contribution in [0.25, 0.3) is 22.3 Å². The molecule has 186 valence electrons. The van der Waals surface area contributed by atoms with Gasteiger partial charge in [-0.05, 0) is 77.4 Å². The van der Waals surface area contributed by atoms with E-state index in [1.54, 1.807) is 30.3 Å². The lowest BCUT2D eigenvalue weighted by Crippen LogP contribution is -1.97. The van der Waals surface area contributed by atoms with Crippen molar-refractivity contribution < 1.29 is 29.3 Å². The maximum atomic E-state index is 11.3. The molecule has 0 spiro atoms. The number of aromatic carboxylic acids is 2. The molecule has 0 heterocycles. The Balaban J connectivity index is 1.58. The van der Waals surface area contributed by atoms with Crippen molar-refractivity contribution in [3.8, 4) is 45.3 Å². The summed E-state index contributed by atoms with van der Waals surface area (Å²) in [6.07, 6.45) is 0. The summed E-state index contributed by atoms with van der Waals surface area (Å²) in [5.41, 5.74) is 4.08. The van der Waals surface area contributed by atoms with E-state index in [0.717, 1.165) is 22.3 Å². The van der Waals surface area contributed by atoms with E-state index in [4.69, 9.17) is 9.47 Å². The molecular weight excluding hydrogens is 480 g/mol. The number of ether oxygens (including phenoxy) is 2. The molecule has 0 radical (unpaired) electrons. The summed E-state index contributed by atoms with van der Waals surface area (Å²) in [5.74, 6) is -0.320. The molecule has 5 aromatic carbocycles. The fourth-order valence-electron chi connectivity index (χ4n) is 4.00. The Kier molecular flexibility index (Phi) is 6.87. The Hall–Kier alpha value is -5.36. The van der Waals surface area contributed by atoms with Gasteiger partial charge in [-0.1, -0.05) is 60.7 Å². The van der Waals surface area contributed by atoms with Crippen LogP contribution in [0.5, 0.6) is 23.0 Å². The number of carboxylic acid groups (broad SMARTS) is 2. The summed E-state index contributed by atoms with van der Waals surface area (Å²) in [5, 5.41) is 18.4. The monoisotopic (exact) mass is 502 g/mol. The van der Waals surface area contributed by atoms with Gasteiger partial charge in [0, 0.05) is 5.56 Å². The number of rotatable bonds is 8. The molecule has 5 rings (SSSR count). The van der Waals surface area contributed by atoms with Crippen LogP contribution in [-0.4, -0.2) is 22.2 Å². The molecule has 5 aromatic rings. The highest BCUT2D eigenvalue weighted by Gasteiger charge is 2.16. The molecule has 6 heteroatoms. The normalized spacial score (nSPS) is 10.5. The minimum absolute atomic E-state index is 0.149. The van der Waals surface area contributed by atoms with Gasteiger partial charge in [0.2, 0.25) is 0 Å². The predicted octanol–water partition coefficient (Wildman–Crippen LogP) is 8.00. The van der Waals surface area contributed by atoms with Crippen molar-refractivity contribution in [2.24, 2.45) is 0 Å². The number of hydrogen-bond acceptors (Lipinski definition) is 4. The van der Waals surface area contributed by atoms with Crippen LogP contribution in [0.3, 0.4) is 0 Å². The van der Waals surface area contributed by atoms with Crippen LogP contribution in [0.15, 0.2) is 121 Å². The highest BCUT2D eigenvalue weighted by Crippen LogP contribution is 2.43. The second-order valence-electron chi connectivity index (χ2n) is 8.44. The molecule has 0 unspecified atom stereocenters. The van der Waals surface area contributed by atoms with E-state index in [1.165, 1.54) is 24.3 Å². The fourth-order valence-corrected chi connectivity index (χ4v) is 4.00. The van der Waals surface area contributed by atoms with Gasteiger partial charge in [0.25, 0.3) is 0 Å². The standard InChI is InChI=1S/C32H22O6/c33-31(34)22-12-16-26(17-13-22)37-29-11-5-10-28(30(29)38-27-18-14-23(15-19-27)32(35)36)25-9-4-8-24(20-25)21-6-2-1-3-7-21/h1-20H,(H,33,34)(H,35,36).